The third-order valence-corrected chi connectivity index (χ3v) is 1.50. The van der Waals surface area contributed by atoms with Gasteiger partial charge in [-0.3, -0.25) is 4.98 Å². The molecule has 86 valence electrons. The third kappa shape index (κ3) is 7.62. The van der Waals surface area contributed by atoms with E-state index in [4.69, 9.17) is 0 Å². The van der Waals surface area contributed by atoms with Crippen LogP contribution in [0.3, 0.4) is 0 Å². The number of aryl methyl sites for hydroxylation is 2. The molecule has 3 nitrogen and oxygen atoms in total. The van der Waals surface area contributed by atoms with Gasteiger partial charge in [0.2, 0.25) is 0 Å². The maximum atomic E-state index is 3.88. The smallest absolute Gasteiger partial charge is 0.125 e. The lowest BCUT2D eigenvalue weighted by molar-refractivity contribution is 1.05. The molecule has 0 aliphatic carbocycles. The summed E-state index contributed by atoms with van der Waals surface area (Å²) in [6.45, 7) is 7.88. The van der Waals surface area contributed by atoms with Gasteiger partial charge in [-0.25, -0.2) is 9.97 Å². The fourth-order valence-corrected chi connectivity index (χ4v) is 0.822. The Bertz CT molecular complexity index is 309. The summed E-state index contributed by atoms with van der Waals surface area (Å²) in [6.07, 6.45) is 7.05. The number of rotatable bonds is 0. The van der Waals surface area contributed by atoms with Gasteiger partial charge in [0, 0.05) is 24.8 Å². The number of hydrogen-bond donors (Lipinski definition) is 0. The molecule has 0 atom stereocenters. The quantitative estimate of drug-likeness (QED) is 0.680. The molecule has 16 heavy (non-hydrogen) atoms. The van der Waals surface area contributed by atoms with E-state index in [9.17, 15) is 0 Å². The maximum Gasteiger partial charge on any atom is 0.125 e. The summed E-state index contributed by atoms with van der Waals surface area (Å²) in [7, 11) is 0. The van der Waals surface area contributed by atoms with Crippen LogP contribution >= 0.6 is 0 Å². The van der Waals surface area contributed by atoms with E-state index in [-0.39, 0.29) is 0 Å². The largest absolute Gasteiger partial charge is 0.264 e. The fourth-order valence-electron chi connectivity index (χ4n) is 0.822. The first kappa shape index (κ1) is 14.2. The molecule has 0 bridgehead atoms. The molecule has 0 aliphatic rings. The van der Waals surface area contributed by atoms with Gasteiger partial charge < -0.3 is 0 Å². The zero-order chi connectivity index (χ0) is 12.2. The first-order valence-corrected chi connectivity index (χ1v) is 5.39. The van der Waals surface area contributed by atoms with E-state index in [2.05, 4.69) is 15.0 Å². The summed E-state index contributed by atoms with van der Waals surface area (Å²) in [5, 5.41) is 0. The molecule has 0 aliphatic heterocycles. The van der Waals surface area contributed by atoms with Crippen LogP contribution in [0.5, 0.6) is 0 Å². The molecule has 0 radical (unpaired) electrons. The molecule has 0 saturated carbocycles. The molecule has 0 N–H and O–H groups in total. The van der Waals surface area contributed by atoms with Crippen molar-refractivity contribution in [3.63, 3.8) is 0 Å². The molecule has 2 rings (SSSR count). The minimum atomic E-state index is 0.822. The zero-order valence-corrected chi connectivity index (χ0v) is 10.4. The van der Waals surface area contributed by atoms with Gasteiger partial charge in [0.15, 0.2) is 0 Å². The van der Waals surface area contributed by atoms with E-state index >= 15 is 0 Å². The summed E-state index contributed by atoms with van der Waals surface area (Å²) in [5.41, 5.74) is 1.21. The molecular weight excluding hydrogens is 198 g/mol. The monoisotopic (exact) mass is 217 g/mol. The Kier molecular flexibility index (Phi) is 8.69. The van der Waals surface area contributed by atoms with Crippen molar-refractivity contribution in [2.75, 3.05) is 0 Å². The van der Waals surface area contributed by atoms with Crippen LogP contribution in [0.15, 0.2) is 43.0 Å². The maximum absolute atomic E-state index is 3.88. The van der Waals surface area contributed by atoms with Crippen LogP contribution in [0.4, 0.5) is 0 Å². The van der Waals surface area contributed by atoms with Gasteiger partial charge in [0.1, 0.15) is 5.82 Å². The highest BCUT2D eigenvalue weighted by Crippen LogP contribution is 1.88. The van der Waals surface area contributed by atoms with Crippen molar-refractivity contribution in [1.29, 1.82) is 0 Å². The van der Waals surface area contributed by atoms with Gasteiger partial charge in [-0.1, -0.05) is 19.9 Å². The minimum Gasteiger partial charge on any atom is -0.264 e. The Balaban J connectivity index is 0.000000244. The molecule has 0 amide bonds. The first-order chi connectivity index (χ1) is 7.79. The van der Waals surface area contributed by atoms with E-state index in [0.29, 0.717) is 0 Å². The third-order valence-electron chi connectivity index (χ3n) is 1.50. The van der Waals surface area contributed by atoms with Crippen molar-refractivity contribution >= 4 is 0 Å². The van der Waals surface area contributed by atoms with Crippen LogP contribution in [0.2, 0.25) is 0 Å². The Hall–Kier alpha value is -1.77. The predicted octanol–water partition coefficient (Wildman–Crippen LogP) is 3.20. The van der Waals surface area contributed by atoms with Crippen LogP contribution in [-0.4, -0.2) is 15.0 Å². The van der Waals surface area contributed by atoms with Crippen LogP contribution in [0, 0.1) is 13.8 Å². The van der Waals surface area contributed by atoms with Gasteiger partial charge in [-0.2, -0.15) is 0 Å². The Morgan fingerprint density at radius 2 is 1.50 bits per heavy atom. The van der Waals surface area contributed by atoms with Crippen molar-refractivity contribution in [2.24, 2.45) is 0 Å². The van der Waals surface area contributed by atoms with E-state index in [1.807, 2.05) is 46.0 Å². The summed E-state index contributed by atoms with van der Waals surface area (Å²) in [5.74, 6) is 0.822. The van der Waals surface area contributed by atoms with Crippen LogP contribution in [0.1, 0.15) is 25.2 Å². The second-order valence-corrected chi connectivity index (χ2v) is 2.83. The van der Waals surface area contributed by atoms with Crippen molar-refractivity contribution < 1.29 is 0 Å². The molecule has 3 heteroatoms. The molecule has 2 aromatic rings. The van der Waals surface area contributed by atoms with Crippen molar-refractivity contribution in [3.8, 4) is 0 Å². The summed E-state index contributed by atoms with van der Waals surface area (Å²) < 4.78 is 0. The van der Waals surface area contributed by atoms with E-state index in [1.165, 1.54) is 5.56 Å². The van der Waals surface area contributed by atoms with Gasteiger partial charge in [0.05, 0.1) is 0 Å². The Morgan fingerprint density at radius 3 is 1.75 bits per heavy atom. The standard InChI is InChI=1S/C6H7N.C5H6N2.C2H6/c1-6-3-2-4-7-5-6;1-5-6-3-2-4-7-5;1-2/h2-5H,1H3;2-4H,1H3;1-2H3. The Morgan fingerprint density at radius 1 is 0.875 bits per heavy atom. The predicted molar refractivity (Wildman–Crippen MR) is 67.1 cm³/mol. The fraction of sp³-hybridized carbons (Fsp3) is 0.308. The van der Waals surface area contributed by atoms with Gasteiger partial charge in [-0.05, 0) is 31.5 Å². The number of aromatic nitrogens is 3. The van der Waals surface area contributed by atoms with Crippen LogP contribution < -0.4 is 0 Å². The lowest BCUT2D eigenvalue weighted by atomic mass is 10.3. The van der Waals surface area contributed by atoms with Gasteiger partial charge in [-0.15, -0.1) is 0 Å². The van der Waals surface area contributed by atoms with E-state index in [1.54, 1.807) is 24.7 Å². The van der Waals surface area contributed by atoms with Crippen molar-refractivity contribution in [3.05, 3.63) is 54.4 Å². The lowest BCUT2D eigenvalue weighted by Gasteiger charge is -1.82. The molecule has 2 heterocycles. The molecular formula is C13H19N3. The number of pyridine rings is 1. The Labute approximate surface area is 97.6 Å². The average Bonchev–Trinajstić information content (AvgIpc) is 2.34. The summed E-state index contributed by atoms with van der Waals surface area (Å²) in [4.78, 5) is 11.6. The number of hydrogen-bond acceptors (Lipinski definition) is 3. The van der Waals surface area contributed by atoms with Crippen LogP contribution in [-0.2, 0) is 0 Å². The lowest BCUT2D eigenvalue weighted by Crippen LogP contribution is -1.80. The highest BCUT2D eigenvalue weighted by Gasteiger charge is 1.74. The molecule has 0 spiro atoms. The topological polar surface area (TPSA) is 38.7 Å². The second kappa shape index (κ2) is 9.77. The summed E-state index contributed by atoms with van der Waals surface area (Å²) >= 11 is 0. The SMILES string of the molecule is CC.Cc1cccnc1.Cc1ncccn1. The number of nitrogens with zero attached hydrogens (tertiary/aromatic N) is 3. The van der Waals surface area contributed by atoms with Gasteiger partial charge >= 0.3 is 0 Å². The summed E-state index contributed by atoms with van der Waals surface area (Å²) in [6, 6.07) is 5.75. The van der Waals surface area contributed by atoms with Gasteiger partial charge in [0.25, 0.3) is 0 Å². The van der Waals surface area contributed by atoms with E-state index in [0.717, 1.165) is 5.82 Å². The molecule has 0 fully saturated rings. The van der Waals surface area contributed by atoms with E-state index < -0.39 is 0 Å². The highest BCUT2D eigenvalue weighted by molar-refractivity contribution is 5.04. The molecule has 2 aromatic heterocycles. The highest BCUT2D eigenvalue weighted by atomic mass is 14.8. The molecule has 0 aromatic carbocycles. The normalized spacial score (nSPS) is 8.00. The first-order valence-electron chi connectivity index (χ1n) is 5.39. The van der Waals surface area contributed by atoms with Crippen LogP contribution in [0.25, 0.3) is 0 Å². The molecule has 0 saturated heterocycles. The average molecular weight is 217 g/mol. The second-order valence-electron chi connectivity index (χ2n) is 2.83. The van der Waals surface area contributed by atoms with Crippen molar-refractivity contribution in [2.45, 2.75) is 27.7 Å². The zero-order valence-electron chi connectivity index (χ0n) is 10.4. The van der Waals surface area contributed by atoms with Crippen molar-refractivity contribution in [1.82, 2.24) is 15.0 Å². The molecule has 0 unspecified atom stereocenters. The minimum absolute atomic E-state index is 0.822.